The number of hydrogen-bond acceptors (Lipinski definition) is 1. The molecule has 0 N–H and O–H groups in total. The fraction of sp³-hybridized carbons (Fsp3) is 0.423. The molecular weight excluding hydrogens is 326 g/mol. The molecule has 1 atom stereocenters. The van der Waals surface area contributed by atoms with Gasteiger partial charge in [-0.25, -0.2) is 0 Å². The van der Waals surface area contributed by atoms with Crippen LogP contribution in [0.4, 0.5) is 0 Å². The maximum atomic E-state index is 5.18. The van der Waals surface area contributed by atoms with Crippen LogP contribution in [0.25, 0.3) is 21.9 Å². The number of benzene rings is 2. The lowest BCUT2D eigenvalue weighted by Crippen LogP contribution is -2.28. The highest BCUT2D eigenvalue weighted by molar-refractivity contribution is 5.98. The zero-order valence-corrected chi connectivity index (χ0v) is 16.8. The summed E-state index contributed by atoms with van der Waals surface area (Å²) in [6, 6.07) is 15.7. The van der Waals surface area contributed by atoms with Gasteiger partial charge in [0.05, 0.1) is 0 Å². The van der Waals surface area contributed by atoms with Crippen LogP contribution in [0.5, 0.6) is 0 Å². The van der Waals surface area contributed by atoms with E-state index in [-0.39, 0.29) is 0 Å². The van der Waals surface area contributed by atoms with Crippen LogP contribution in [0.15, 0.2) is 42.5 Å². The summed E-state index contributed by atoms with van der Waals surface area (Å²) >= 11 is 0. The van der Waals surface area contributed by atoms with Crippen LogP contribution in [0.1, 0.15) is 56.1 Å². The predicted octanol–water partition coefficient (Wildman–Crippen LogP) is 6.54. The number of pyridine rings is 1. The van der Waals surface area contributed by atoms with E-state index in [4.69, 9.17) is 4.98 Å². The van der Waals surface area contributed by atoms with E-state index < -0.39 is 0 Å². The molecule has 3 aromatic rings. The van der Waals surface area contributed by atoms with Crippen LogP contribution in [-0.4, -0.2) is 4.98 Å². The molecule has 138 valence electrons. The van der Waals surface area contributed by atoms with Crippen molar-refractivity contribution in [2.24, 2.45) is 11.3 Å². The van der Waals surface area contributed by atoms with Crippen molar-refractivity contribution in [3.63, 3.8) is 0 Å². The molecule has 2 aliphatic rings. The summed E-state index contributed by atoms with van der Waals surface area (Å²) in [5, 5.41) is 2.73. The molecule has 0 amide bonds. The van der Waals surface area contributed by atoms with E-state index in [0.29, 0.717) is 5.41 Å². The molecule has 1 nitrogen and oxygen atoms in total. The second-order valence-corrected chi connectivity index (χ2v) is 9.52. The molecule has 27 heavy (non-hydrogen) atoms. The molecule has 1 aromatic heterocycles. The van der Waals surface area contributed by atoms with Crippen molar-refractivity contribution in [3.8, 4) is 11.1 Å². The van der Waals surface area contributed by atoms with Crippen LogP contribution in [0.2, 0.25) is 0 Å². The Morgan fingerprint density at radius 2 is 1.63 bits per heavy atom. The van der Waals surface area contributed by atoms with Crippen molar-refractivity contribution in [1.29, 1.82) is 0 Å². The smallest absolute Gasteiger partial charge is 0.0445 e. The van der Waals surface area contributed by atoms with Gasteiger partial charge in [0.1, 0.15) is 0 Å². The number of fused-ring (bicyclic) bond motifs is 3. The minimum Gasteiger partial charge on any atom is -0.257 e. The van der Waals surface area contributed by atoms with Gasteiger partial charge in [0.25, 0.3) is 0 Å². The zero-order valence-electron chi connectivity index (χ0n) is 16.8. The Hall–Kier alpha value is -2.15. The van der Waals surface area contributed by atoms with Gasteiger partial charge in [-0.1, -0.05) is 63.2 Å². The normalized spacial score (nSPS) is 19.1. The monoisotopic (exact) mass is 355 g/mol. The van der Waals surface area contributed by atoms with Crippen LogP contribution in [0.3, 0.4) is 0 Å². The molecule has 1 unspecified atom stereocenters. The van der Waals surface area contributed by atoms with Crippen LogP contribution in [0, 0.1) is 11.3 Å². The Kier molecular flexibility index (Phi) is 3.89. The first-order chi connectivity index (χ1) is 13.0. The van der Waals surface area contributed by atoms with E-state index >= 15 is 0 Å². The van der Waals surface area contributed by atoms with Crippen molar-refractivity contribution < 1.29 is 0 Å². The van der Waals surface area contributed by atoms with Crippen molar-refractivity contribution in [1.82, 2.24) is 4.98 Å². The number of aryl methyl sites for hydroxylation is 2. The molecule has 0 saturated carbocycles. The Bertz CT molecular complexity index is 1020. The second kappa shape index (κ2) is 6.19. The SMILES string of the molecule is CC(C)(C)C1CCc2nc3c(c(-c4cccc5ccccc45)c2C1)CCC3. The van der Waals surface area contributed by atoms with Gasteiger partial charge in [-0.15, -0.1) is 0 Å². The van der Waals surface area contributed by atoms with Gasteiger partial charge >= 0.3 is 0 Å². The van der Waals surface area contributed by atoms with Crippen molar-refractivity contribution >= 4 is 10.8 Å². The third-order valence-electron chi connectivity index (χ3n) is 6.87. The number of aromatic nitrogens is 1. The third kappa shape index (κ3) is 2.79. The highest BCUT2D eigenvalue weighted by Gasteiger charge is 2.33. The molecule has 1 heteroatoms. The van der Waals surface area contributed by atoms with Crippen molar-refractivity contribution in [2.45, 2.75) is 59.3 Å². The molecular formula is C26H29N. The highest BCUT2D eigenvalue weighted by atomic mass is 14.7. The maximum absolute atomic E-state index is 5.18. The standard InChI is InChI=1S/C26H29N/c1-26(2,3)18-14-15-24-22(16-18)25(21-12-7-13-23(21)27-24)20-11-6-9-17-8-4-5-10-19(17)20/h4-6,8-11,18H,7,12-16H2,1-3H3. The highest BCUT2D eigenvalue weighted by Crippen LogP contribution is 2.45. The van der Waals surface area contributed by atoms with Gasteiger partial charge in [0.15, 0.2) is 0 Å². The summed E-state index contributed by atoms with van der Waals surface area (Å²) in [6.07, 6.45) is 7.19. The van der Waals surface area contributed by atoms with E-state index in [1.165, 1.54) is 53.4 Å². The Labute approximate surface area is 162 Å². The van der Waals surface area contributed by atoms with Crippen LogP contribution < -0.4 is 0 Å². The number of hydrogen-bond donors (Lipinski definition) is 0. The van der Waals surface area contributed by atoms with Gasteiger partial charge in [0.2, 0.25) is 0 Å². The number of rotatable bonds is 1. The summed E-state index contributed by atoms with van der Waals surface area (Å²) in [5.41, 5.74) is 9.19. The van der Waals surface area contributed by atoms with Gasteiger partial charge in [0, 0.05) is 11.4 Å². The lowest BCUT2D eigenvalue weighted by atomic mass is 9.70. The third-order valence-corrected chi connectivity index (χ3v) is 6.87. The summed E-state index contributed by atoms with van der Waals surface area (Å²) in [7, 11) is 0. The molecule has 5 rings (SSSR count). The molecule has 0 bridgehead atoms. The molecule has 0 radical (unpaired) electrons. The zero-order chi connectivity index (χ0) is 18.6. The first-order valence-corrected chi connectivity index (χ1v) is 10.5. The molecule has 0 fully saturated rings. The van der Waals surface area contributed by atoms with Gasteiger partial charge < -0.3 is 0 Å². The summed E-state index contributed by atoms with van der Waals surface area (Å²) < 4.78 is 0. The van der Waals surface area contributed by atoms with Gasteiger partial charge in [-0.05, 0) is 82.9 Å². The average Bonchev–Trinajstić information content (AvgIpc) is 3.12. The van der Waals surface area contributed by atoms with E-state index in [0.717, 1.165) is 18.8 Å². The molecule has 0 spiro atoms. The summed E-state index contributed by atoms with van der Waals surface area (Å²) in [6.45, 7) is 7.21. The Morgan fingerprint density at radius 1 is 0.852 bits per heavy atom. The lowest BCUT2D eigenvalue weighted by molar-refractivity contribution is 0.215. The first kappa shape index (κ1) is 17.0. The molecule has 0 aliphatic heterocycles. The molecule has 2 aliphatic carbocycles. The minimum absolute atomic E-state index is 0.354. The predicted molar refractivity (Wildman–Crippen MR) is 114 cm³/mol. The van der Waals surface area contributed by atoms with Gasteiger partial charge in [-0.2, -0.15) is 0 Å². The topological polar surface area (TPSA) is 12.9 Å². The van der Waals surface area contributed by atoms with Crippen LogP contribution in [-0.2, 0) is 25.7 Å². The molecule has 1 heterocycles. The number of nitrogens with zero attached hydrogens (tertiary/aromatic N) is 1. The lowest BCUT2D eigenvalue weighted by Gasteiger charge is -2.36. The summed E-state index contributed by atoms with van der Waals surface area (Å²) in [5.74, 6) is 0.736. The quantitative estimate of drug-likeness (QED) is 0.483. The van der Waals surface area contributed by atoms with Crippen molar-refractivity contribution in [3.05, 3.63) is 65.0 Å². The van der Waals surface area contributed by atoms with E-state index in [9.17, 15) is 0 Å². The first-order valence-electron chi connectivity index (χ1n) is 10.5. The van der Waals surface area contributed by atoms with Crippen LogP contribution >= 0.6 is 0 Å². The Balaban J connectivity index is 1.78. The van der Waals surface area contributed by atoms with Crippen molar-refractivity contribution in [2.75, 3.05) is 0 Å². The molecule has 2 aromatic carbocycles. The van der Waals surface area contributed by atoms with Gasteiger partial charge in [-0.3, -0.25) is 4.98 Å². The summed E-state index contributed by atoms with van der Waals surface area (Å²) in [4.78, 5) is 5.18. The van der Waals surface area contributed by atoms with E-state index in [1.54, 1.807) is 16.7 Å². The second-order valence-electron chi connectivity index (χ2n) is 9.52. The maximum Gasteiger partial charge on any atom is 0.0445 e. The largest absolute Gasteiger partial charge is 0.257 e. The average molecular weight is 356 g/mol. The molecule has 0 saturated heterocycles. The van der Waals surface area contributed by atoms with E-state index in [1.807, 2.05) is 0 Å². The Morgan fingerprint density at radius 3 is 2.48 bits per heavy atom. The fourth-order valence-electron chi connectivity index (χ4n) is 5.27. The fourth-order valence-corrected chi connectivity index (χ4v) is 5.27. The minimum atomic E-state index is 0.354. The van der Waals surface area contributed by atoms with E-state index in [2.05, 4.69) is 63.2 Å².